The van der Waals surface area contributed by atoms with Gasteiger partial charge in [0.05, 0.1) is 19.6 Å². The highest BCUT2D eigenvalue weighted by Crippen LogP contribution is 2.32. The van der Waals surface area contributed by atoms with E-state index in [2.05, 4.69) is 0 Å². The van der Waals surface area contributed by atoms with Gasteiger partial charge in [0.1, 0.15) is 5.82 Å². The number of methoxy groups -OCH3 is 1. The molecule has 1 aliphatic carbocycles. The Kier molecular flexibility index (Phi) is 5.12. The lowest BCUT2D eigenvalue weighted by Crippen LogP contribution is -2.23. The molecule has 0 radical (unpaired) electrons. The summed E-state index contributed by atoms with van der Waals surface area (Å²) in [6, 6.07) is 4.75. The van der Waals surface area contributed by atoms with E-state index in [9.17, 15) is 9.18 Å². The second-order valence-corrected chi connectivity index (χ2v) is 5.57. The van der Waals surface area contributed by atoms with Gasteiger partial charge in [0, 0.05) is 0 Å². The van der Waals surface area contributed by atoms with Crippen molar-refractivity contribution in [2.24, 2.45) is 11.8 Å². The summed E-state index contributed by atoms with van der Waals surface area (Å²) in [7, 11) is 1.43. The molecule has 0 heterocycles. The van der Waals surface area contributed by atoms with Gasteiger partial charge in [-0.15, -0.1) is 0 Å². The molecule has 0 amide bonds. The highest BCUT2D eigenvalue weighted by molar-refractivity contribution is 5.72. The van der Waals surface area contributed by atoms with E-state index in [1.54, 1.807) is 0 Å². The molecule has 4 heteroatoms. The van der Waals surface area contributed by atoms with Gasteiger partial charge in [-0.1, -0.05) is 6.07 Å². The fraction of sp³-hybridized carbons (Fsp3) is 0.562. The van der Waals surface area contributed by atoms with Crippen LogP contribution >= 0.6 is 0 Å². The Hall–Kier alpha value is -1.42. The molecule has 20 heavy (non-hydrogen) atoms. The van der Waals surface area contributed by atoms with Crippen molar-refractivity contribution in [3.63, 3.8) is 0 Å². The molecule has 3 nitrogen and oxygen atoms in total. The molecular formula is C16H21FO3. The van der Waals surface area contributed by atoms with Crippen LogP contribution in [0, 0.1) is 17.7 Å². The van der Waals surface area contributed by atoms with Gasteiger partial charge in [-0.3, -0.25) is 4.79 Å². The van der Waals surface area contributed by atoms with Crippen molar-refractivity contribution in [1.82, 2.24) is 0 Å². The SMILES string of the molecule is COC(=O)C1CCC(Cc2cc(F)cc(CO)c2)CC1. The highest BCUT2D eigenvalue weighted by atomic mass is 19.1. The number of ether oxygens (including phenoxy) is 1. The van der Waals surface area contributed by atoms with Crippen LogP contribution in [0.4, 0.5) is 4.39 Å². The van der Waals surface area contributed by atoms with E-state index in [1.807, 2.05) is 6.07 Å². The molecule has 0 saturated heterocycles. The van der Waals surface area contributed by atoms with Crippen LogP contribution in [-0.2, 0) is 22.6 Å². The number of carbonyl (C=O) groups is 1. The van der Waals surface area contributed by atoms with Crippen LogP contribution in [0.1, 0.15) is 36.8 Å². The summed E-state index contributed by atoms with van der Waals surface area (Å²) in [6.45, 7) is -0.139. The molecule has 0 aromatic heterocycles. The summed E-state index contributed by atoms with van der Waals surface area (Å²) >= 11 is 0. The minimum atomic E-state index is -0.296. The topological polar surface area (TPSA) is 46.5 Å². The number of carbonyl (C=O) groups excluding carboxylic acids is 1. The molecule has 1 aromatic carbocycles. The highest BCUT2D eigenvalue weighted by Gasteiger charge is 2.26. The quantitative estimate of drug-likeness (QED) is 0.863. The fourth-order valence-corrected chi connectivity index (χ4v) is 3.03. The summed E-state index contributed by atoms with van der Waals surface area (Å²) in [6.07, 6.45) is 4.42. The lowest BCUT2D eigenvalue weighted by atomic mass is 9.79. The van der Waals surface area contributed by atoms with Crippen molar-refractivity contribution in [3.8, 4) is 0 Å². The van der Waals surface area contributed by atoms with Gasteiger partial charge in [0.15, 0.2) is 0 Å². The van der Waals surface area contributed by atoms with Gasteiger partial charge in [0.25, 0.3) is 0 Å². The summed E-state index contributed by atoms with van der Waals surface area (Å²) in [4.78, 5) is 11.5. The van der Waals surface area contributed by atoms with Crippen LogP contribution in [0.5, 0.6) is 0 Å². The van der Waals surface area contributed by atoms with E-state index >= 15 is 0 Å². The first-order valence-electron chi connectivity index (χ1n) is 7.09. The zero-order valence-electron chi connectivity index (χ0n) is 11.8. The van der Waals surface area contributed by atoms with Crippen LogP contribution in [0.25, 0.3) is 0 Å². The molecule has 0 unspecified atom stereocenters. The molecule has 1 aromatic rings. The van der Waals surface area contributed by atoms with Gasteiger partial charge < -0.3 is 9.84 Å². The van der Waals surface area contributed by atoms with Crippen LogP contribution in [0.3, 0.4) is 0 Å². The van der Waals surface area contributed by atoms with Crippen LogP contribution in [0.15, 0.2) is 18.2 Å². The number of esters is 1. The first kappa shape index (κ1) is 15.0. The lowest BCUT2D eigenvalue weighted by Gasteiger charge is -2.27. The zero-order chi connectivity index (χ0) is 14.5. The minimum Gasteiger partial charge on any atom is -0.469 e. The van der Waals surface area contributed by atoms with E-state index in [1.165, 1.54) is 19.2 Å². The molecule has 2 rings (SSSR count). The average molecular weight is 280 g/mol. The largest absolute Gasteiger partial charge is 0.469 e. The Morgan fingerprint density at radius 3 is 2.50 bits per heavy atom. The van der Waals surface area contributed by atoms with Crippen molar-refractivity contribution in [3.05, 3.63) is 35.1 Å². The molecule has 1 fully saturated rings. The van der Waals surface area contributed by atoms with Crippen LogP contribution in [-0.4, -0.2) is 18.2 Å². The van der Waals surface area contributed by atoms with Crippen molar-refractivity contribution in [2.45, 2.75) is 38.7 Å². The molecule has 0 aliphatic heterocycles. The van der Waals surface area contributed by atoms with E-state index in [0.717, 1.165) is 37.7 Å². The Balaban J connectivity index is 1.92. The van der Waals surface area contributed by atoms with Gasteiger partial charge in [-0.2, -0.15) is 0 Å². The summed E-state index contributed by atoms with van der Waals surface area (Å²) in [5.41, 5.74) is 1.54. The molecule has 1 N–H and O–H groups in total. The predicted octanol–water partition coefficient (Wildman–Crippen LogP) is 2.84. The third kappa shape index (κ3) is 3.79. The minimum absolute atomic E-state index is 0.0248. The molecule has 0 spiro atoms. The van der Waals surface area contributed by atoms with E-state index in [4.69, 9.17) is 9.84 Å². The van der Waals surface area contributed by atoms with E-state index < -0.39 is 0 Å². The smallest absolute Gasteiger partial charge is 0.308 e. The Morgan fingerprint density at radius 2 is 1.90 bits per heavy atom. The monoisotopic (exact) mass is 280 g/mol. The van der Waals surface area contributed by atoms with Gasteiger partial charge >= 0.3 is 5.97 Å². The predicted molar refractivity (Wildman–Crippen MR) is 73.5 cm³/mol. The van der Waals surface area contributed by atoms with E-state index in [-0.39, 0.29) is 24.3 Å². The third-order valence-corrected chi connectivity index (χ3v) is 4.11. The molecule has 110 valence electrons. The summed E-state index contributed by atoms with van der Waals surface area (Å²) in [5.74, 6) is 0.0904. The first-order valence-corrected chi connectivity index (χ1v) is 7.09. The van der Waals surface area contributed by atoms with Gasteiger partial charge in [0.2, 0.25) is 0 Å². The second-order valence-electron chi connectivity index (χ2n) is 5.57. The Labute approximate surface area is 118 Å². The first-order chi connectivity index (χ1) is 9.62. The number of rotatable bonds is 4. The summed E-state index contributed by atoms with van der Waals surface area (Å²) in [5, 5.41) is 9.10. The van der Waals surface area contributed by atoms with E-state index in [0.29, 0.717) is 11.5 Å². The lowest BCUT2D eigenvalue weighted by molar-refractivity contribution is -0.146. The van der Waals surface area contributed by atoms with Crippen LogP contribution in [0.2, 0.25) is 0 Å². The zero-order valence-corrected chi connectivity index (χ0v) is 11.8. The average Bonchev–Trinajstić information content (AvgIpc) is 2.46. The molecular weight excluding hydrogens is 259 g/mol. The summed E-state index contributed by atoms with van der Waals surface area (Å²) < 4.78 is 18.2. The van der Waals surface area contributed by atoms with Gasteiger partial charge in [-0.25, -0.2) is 4.39 Å². The van der Waals surface area contributed by atoms with Crippen molar-refractivity contribution >= 4 is 5.97 Å². The van der Waals surface area contributed by atoms with Crippen molar-refractivity contribution < 1.29 is 19.0 Å². The molecule has 0 atom stereocenters. The number of hydrogen-bond donors (Lipinski definition) is 1. The van der Waals surface area contributed by atoms with Gasteiger partial charge in [-0.05, 0) is 61.3 Å². The number of benzene rings is 1. The van der Waals surface area contributed by atoms with Crippen molar-refractivity contribution in [2.75, 3.05) is 7.11 Å². The standard InChI is InChI=1S/C16H21FO3/c1-20-16(19)14-4-2-11(3-5-14)6-12-7-13(10-18)9-15(17)8-12/h7-9,11,14,18H,2-6,10H2,1H3. The Morgan fingerprint density at radius 1 is 1.25 bits per heavy atom. The number of aliphatic hydroxyl groups is 1. The maximum Gasteiger partial charge on any atom is 0.308 e. The maximum absolute atomic E-state index is 13.4. The number of hydrogen-bond acceptors (Lipinski definition) is 3. The normalized spacial score (nSPS) is 22.6. The molecule has 1 saturated carbocycles. The maximum atomic E-state index is 13.4. The second kappa shape index (κ2) is 6.84. The number of halogens is 1. The Bertz CT molecular complexity index is 465. The van der Waals surface area contributed by atoms with Crippen LogP contribution < -0.4 is 0 Å². The third-order valence-electron chi connectivity index (χ3n) is 4.11. The fourth-order valence-electron chi connectivity index (χ4n) is 3.03. The molecule has 0 bridgehead atoms. The number of aliphatic hydroxyl groups excluding tert-OH is 1. The molecule has 1 aliphatic rings. The van der Waals surface area contributed by atoms with Crippen molar-refractivity contribution in [1.29, 1.82) is 0 Å².